The molecule has 24 heavy (non-hydrogen) atoms. The van der Waals surface area contributed by atoms with E-state index in [1.54, 1.807) is 39.3 Å². The lowest BCUT2D eigenvalue weighted by Crippen LogP contribution is -2.30. The molecule has 6 heteroatoms. The second-order valence-electron chi connectivity index (χ2n) is 5.28. The number of ether oxygens (including phenoxy) is 3. The van der Waals surface area contributed by atoms with Crippen molar-refractivity contribution in [3.05, 3.63) is 46.4 Å². The summed E-state index contributed by atoms with van der Waals surface area (Å²) >= 11 is 3.44. The van der Waals surface area contributed by atoms with Crippen molar-refractivity contribution >= 4 is 27.5 Å². The highest BCUT2D eigenvalue weighted by molar-refractivity contribution is 9.10. The molecule has 5 nitrogen and oxygen atoms in total. The lowest BCUT2D eigenvalue weighted by atomic mass is 10.2. The van der Waals surface area contributed by atoms with Gasteiger partial charge in [0.05, 0.1) is 18.7 Å². The van der Waals surface area contributed by atoms with Crippen molar-refractivity contribution in [3.63, 3.8) is 0 Å². The summed E-state index contributed by atoms with van der Waals surface area (Å²) in [6.45, 7) is 3.68. The van der Waals surface area contributed by atoms with Crippen LogP contribution in [0, 0.1) is 6.92 Å². The Morgan fingerprint density at radius 2 is 1.71 bits per heavy atom. The first-order chi connectivity index (χ1) is 11.4. The minimum atomic E-state index is -0.666. The van der Waals surface area contributed by atoms with E-state index in [0.29, 0.717) is 22.9 Å². The number of anilines is 1. The van der Waals surface area contributed by atoms with Crippen LogP contribution in [-0.4, -0.2) is 26.2 Å². The Labute approximate surface area is 150 Å². The molecule has 0 radical (unpaired) electrons. The first-order valence-corrected chi connectivity index (χ1v) is 8.19. The summed E-state index contributed by atoms with van der Waals surface area (Å²) < 4.78 is 16.9. The van der Waals surface area contributed by atoms with Crippen molar-refractivity contribution < 1.29 is 19.0 Å². The lowest BCUT2D eigenvalue weighted by Gasteiger charge is -2.16. The molecule has 0 saturated carbocycles. The second kappa shape index (κ2) is 8.06. The summed E-state index contributed by atoms with van der Waals surface area (Å²) in [5.74, 6) is 1.54. The molecule has 0 aromatic heterocycles. The maximum Gasteiger partial charge on any atom is 0.265 e. The monoisotopic (exact) mass is 393 g/mol. The summed E-state index contributed by atoms with van der Waals surface area (Å²) in [7, 11) is 3.11. The van der Waals surface area contributed by atoms with Gasteiger partial charge in [-0.1, -0.05) is 6.07 Å². The van der Waals surface area contributed by atoms with Crippen molar-refractivity contribution in [1.29, 1.82) is 0 Å². The third kappa shape index (κ3) is 4.64. The van der Waals surface area contributed by atoms with Crippen LogP contribution in [0.15, 0.2) is 40.9 Å². The van der Waals surface area contributed by atoms with E-state index in [9.17, 15) is 4.79 Å². The van der Waals surface area contributed by atoms with Gasteiger partial charge in [0, 0.05) is 23.9 Å². The number of aryl methyl sites for hydroxylation is 1. The number of carbonyl (C=O) groups excluding carboxylic acids is 1. The molecule has 1 unspecified atom stereocenters. The van der Waals surface area contributed by atoms with E-state index in [0.717, 1.165) is 10.0 Å². The Balaban J connectivity index is 2.08. The van der Waals surface area contributed by atoms with Gasteiger partial charge in [-0.2, -0.15) is 0 Å². The summed E-state index contributed by atoms with van der Waals surface area (Å²) in [5.41, 5.74) is 1.68. The zero-order valence-electron chi connectivity index (χ0n) is 14.1. The van der Waals surface area contributed by atoms with Crippen LogP contribution in [0.5, 0.6) is 17.2 Å². The third-order valence-electron chi connectivity index (χ3n) is 3.38. The molecule has 0 heterocycles. The van der Waals surface area contributed by atoms with Crippen LogP contribution in [0.25, 0.3) is 0 Å². The lowest BCUT2D eigenvalue weighted by molar-refractivity contribution is -0.122. The molecule has 0 aliphatic rings. The Morgan fingerprint density at radius 1 is 1.08 bits per heavy atom. The highest BCUT2D eigenvalue weighted by atomic mass is 79.9. The number of benzene rings is 2. The van der Waals surface area contributed by atoms with Crippen LogP contribution in [0.3, 0.4) is 0 Å². The predicted octanol–water partition coefficient (Wildman–Crippen LogP) is 4.18. The number of methoxy groups -OCH3 is 2. The summed E-state index contributed by atoms with van der Waals surface area (Å²) in [6.07, 6.45) is -0.666. The van der Waals surface area contributed by atoms with Gasteiger partial charge < -0.3 is 19.5 Å². The number of amides is 1. The van der Waals surface area contributed by atoms with Gasteiger partial charge in [-0.3, -0.25) is 4.79 Å². The molecule has 0 spiro atoms. The predicted molar refractivity (Wildman–Crippen MR) is 97.1 cm³/mol. The molecule has 0 aliphatic carbocycles. The number of rotatable bonds is 6. The molecule has 2 rings (SSSR count). The second-order valence-corrected chi connectivity index (χ2v) is 6.14. The first kappa shape index (κ1) is 18.1. The molecular formula is C18H20BrNO4. The van der Waals surface area contributed by atoms with Gasteiger partial charge in [-0.15, -0.1) is 0 Å². The SMILES string of the molecule is COc1cc(NC(=O)C(C)Oc2ccc(C)cc2Br)cc(OC)c1. The van der Waals surface area contributed by atoms with E-state index in [2.05, 4.69) is 21.2 Å². The average molecular weight is 394 g/mol. The zero-order chi connectivity index (χ0) is 17.7. The molecule has 0 fully saturated rings. The fourth-order valence-electron chi connectivity index (χ4n) is 2.07. The van der Waals surface area contributed by atoms with Crippen molar-refractivity contribution in [3.8, 4) is 17.2 Å². The summed E-state index contributed by atoms with van der Waals surface area (Å²) in [4.78, 5) is 12.4. The van der Waals surface area contributed by atoms with Crippen molar-refractivity contribution in [2.24, 2.45) is 0 Å². The number of carbonyl (C=O) groups is 1. The number of hydrogen-bond donors (Lipinski definition) is 1. The topological polar surface area (TPSA) is 56.8 Å². The van der Waals surface area contributed by atoms with E-state index < -0.39 is 6.10 Å². The largest absolute Gasteiger partial charge is 0.497 e. The van der Waals surface area contributed by atoms with Crippen LogP contribution in [-0.2, 0) is 4.79 Å². The van der Waals surface area contributed by atoms with E-state index in [-0.39, 0.29) is 5.91 Å². The molecule has 0 aliphatic heterocycles. The zero-order valence-corrected chi connectivity index (χ0v) is 15.6. The van der Waals surface area contributed by atoms with Crippen LogP contribution < -0.4 is 19.5 Å². The Bertz CT molecular complexity index is 711. The van der Waals surface area contributed by atoms with E-state index in [1.165, 1.54) is 0 Å². The highest BCUT2D eigenvalue weighted by Crippen LogP contribution is 2.28. The van der Waals surface area contributed by atoms with Crippen LogP contribution in [0.1, 0.15) is 12.5 Å². The molecule has 1 amide bonds. The fraction of sp³-hybridized carbons (Fsp3) is 0.278. The maximum absolute atomic E-state index is 12.4. The third-order valence-corrected chi connectivity index (χ3v) is 4.00. The van der Waals surface area contributed by atoms with Crippen molar-refractivity contribution in [2.75, 3.05) is 19.5 Å². The van der Waals surface area contributed by atoms with Gasteiger partial charge in [-0.05, 0) is 47.5 Å². The first-order valence-electron chi connectivity index (χ1n) is 7.39. The molecule has 0 bridgehead atoms. The maximum atomic E-state index is 12.4. The van der Waals surface area contributed by atoms with Crippen LogP contribution >= 0.6 is 15.9 Å². The standard InChI is InChI=1S/C18H20BrNO4/c1-11-5-6-17(16(19)7-11)24-12(2)18(21)20-13-8-14(22-3)10-15(9-13)23-4/h5-10,12H,1-4H3,(H,20,21). The molecule has 0 saturated heterocycles. The molecule has 2 aromatic rings. The molecule has 128 valence electrons. The van der Waals surface area contributed by atoms with E-state index in [4.69, 9.17) is 14.2 Å². The molecule has 1 N–H and O–H groups in total. The van der Waals surface area contributed by atoms with Gasteiger partial charge in [0.2, 0.25) is 0 Å². The van der Waals surface area contributed by atoms with Gasteiger partial charge in [0.25, 0.3) is 5.91 Å². The Hall–Kier alpha value is -2.21. The minimum Gasteiger partial charge on any atom is -0.497 e. The molecule has 1 atom stereocenters. The smallest absolute Gasteiger partial charge is 0.265 e. The molecular weight excluding hydrogens is 374 g/mol. The van der Waals surface area contributed by atoms with Crippen LogP contribution in [0.2, 0.25) is 0 Å². The Kier molecular flexibility index (Phi) is 6.09. The van der Waals surface area contributed by atoms with Gasteiger partial charge >= 0.3 is 0 Å². The Morgan fingerprint density at radius 3 is 2.25 bits per heavy atom. The minimum absolute atomic E-state index is 0.266. The summed E-state index contributed by atoms with van der Waals surface area (Å²) in [5, 5.41) is 2.80. The normalized spacial score (nSPS) is 11.5. The van der Waals surface area contributed by atoms with Gasteiger partial charge in [-0.25, -0.2) is 0 Å². The highest BCUT2D eigenvalue weighted by Gasteiger charge is 2.17. The number of nitrogens with one attached hydrogen (secondary N) is 1. The average Bonchev–Trinajstić information content (AvgIpc) is 2.56. The van der Waals surface area contributed by atoms with E-state index >= 15 is 0 Å². The fourth-order valence-corrected chi connectivity index (χ4v) is 2.66. The van der Waals surface area contributed by atoms with Crippen molar-refractivity contribution in [1.82, 2.24) is 0 Å². The number of halogens is 1. The molecule has 2 aromatic carbocycles. The van der Waals surface area contributed by atoms with Gasteiger partial charge in [0.15, 0.2) is 6.10 Å². The van der Waals surface area contributed by atoms with Gasteiger partial charge in [0.1, 0.15) is 17.2 Å². The van der Waals surface area contributed by atoms with Crippen LogP contribution in [0.4, 0.5) is 5.69 Å². The summed E-state index contributed by atoms with van der Waals surface area (Å²) in [6, 6.07) is 10.9. The number of hydrogen-bond acceptors (Lipinski definition) is 4. The van der Waals surface area contributed by atoms with E-state index in [1.807, 2.05) is 25.1 Å². The quantitative estimate of drug-likeness (QED) is 0.799. The van der Waals surface area contributed by atoms with Crippen molar-refractivity contribution in [2.45, 2.75) is 20.0 Å².